The number of imidazole rings is 1. The Balaban J connectivity index is 1.58. The molecule has 28 heavy (non-hydrogen) atoms. The van der Waals surface area contributed by atoms with Crippen LogP contribution in [-0.2, 0) is 11.3 Å². The van der Waals surface area contributed by atoms with Gasteiger partial charge in [0, 0.05) is 32.2 Å². The number of hydrogen-bond donors (Lipinski definition) is 2. The highest BCUT2D eigenvalue weighted by molar-refractivity contribution is 6.03. The van der Waals surface area contributed by atoms with Crippen LogP contribution in [0.3, 0.4) is 0 Å². The Kier molecular flexibility index (Phi) is 4.76. The molecule has 0 saturated carbocycles. The second-order valence-corrected chi connectivity index (χ2v) is 6.59. The van der Waals surface area contributed by atoms with Crippen LogP contribution in [0, 0.1) is 0 Å². The lowest BCUT2D eigenvalue weighted by atomic mass is 10.1. The Morgan fingerprint density at radius 2 is 2.14 bits per heavy atom. The van der Waals surface area contributed by atoms with Crippen LogP contribution < -0.4 is 15.5 Å². The van der Waals surface area contributed by atoms with E-state index in [4.69, 9.17) is 0 Å². The fraction of sp³-hybridized carbons (Fsp3) is 0.200. The minimum Gasteiger partial charge on any atom is -0.359 e. The molecule has 1 aromatic carbocycles. The summed E-state index contributed by atoms with van der Waals surface area (Å²) in [5.41, 5.74) is 1.98. The van der Waals surface area contributed by atoms with Gasteiger partial charge in [-0.25, -0.2) is 9.97 Å². The monoisotopic (exact) mass is 376 g/mol. The van der Waals surface area contributed by atoms with Gasteiger partial charge in [0.25, 0.3) is 5.91 Å². The van der Waals surface area contributed by atoms with E-state index in [2.05, 4.69) is 20.6 Å². The third-order valence-corrected chi connectivity index (χ3v) is 4.73. The Morgan fingerprint density at radius 1 is 1.32 bits per heavy atom. The maximum absolute atomic E-state index is 12.9. The van der Waals surface area contributed by atoms with Crippen molar-refractivity contribution < 1.29 is 9.59 Å². The summed E-state index contributed by atoms with van der Waals surface area (Å²) in [5, 5.41) is 6.03. The summed E-state index contributed by atoms with van der Waals surface area (Å²) in [7, 11) is 1.68. The molecule has 2 amide bonds. The molecule has 1 unspecified atom stereocenters. The summed E-state index contributed by atoms with van der Waals surface area (Å²) in [5.74, 6) is 0.265. The van der Waals surface area contributed by atoms with Crippen molar-refractivity contribution in [2.24, 2.45) is 0 Å². The summed E-state index contributed by atoms with van der Waals surface area (Å²) in [6.07, 6.45) is 6.80. The molecular formula is C20H20N6O2. The quantitative estimate of drug-likeness (QED) is 0.709. The van der Waals surface area contributed by atoms with Crippen LogP contribution in [0.1, 0.15) is 22.0 Å². The van der Waals surface area contributed by atoms with Crippen molar-refractivity contribution in [3.05, 3.63) is 72.4 Å². The van der Waals surface area contributed by atoms with Crippen molar-refractivity contribution in [2.75, 3.05) is 23.8 Å². The maximum Gasteiger partial charge on any atom is 0.253 e. The minimum absolute atomic E-state index is 0.0749. The van der Waals surface area contributed by atoms with E-state index in [1.54, 1.807) is 25.6 Å². The Morgan fingerprint density at radius 3 is 2.89 bits per heavy atom. The first kappa shape index (κ1) is 17.7. The lowest BCUT2D eigenvalue weighted by Crippen LogP contribution is -2.37. The van der Waals surface area contributed by atoms with Crippen LogP contribution in [0.2, 0.25) is 0 Å². The smallest absolute Gasteiger partial charge is 0.253 e. The molecule has 1 aliphatic rings. The van der Waals surface area contributed by atoms with Crippen LogP contribution in [0.5, 0.6) is 0 Å². The van der Waals surface area contributed by atoms with Gasteiger partial charge >= 0.3 is 0 Å². The van der Waals surface area contributed by atoms with Crippen molar-refractivity contribution in [2.45, 2.75) is 12.6 Å². The van der Waals surface area contributed by atoms with E-state index < -0.39 is 0 Å². The molecule has 0 radical (unpaired) electrons. The number of nitrogens with one attached hydrogen (secondary N) is 2. The molecule has 8 nitrogen and oxygen atoms in total. The van der Waals surface area contributed by atoms with Crippen LogP contribution in [0.15, 0.2) is 61.3 Å². The highest BCUT2D eigenvalue weighted by Crippen LogP contribution is 2.27. The zero-order valence-corrected chi connectivity index (χ0v) is 15.4. The Hall–Kier alpha value is -3.68. The third kappa shape index (κ3) is 3.57. The van der Waals surface area contributed by atoms with E-state index in [1.807, 2.05) is 41.1 Å². The highest BCUT2D eigenvalue weighted by atomic mass is 16.2. The average molecular weight is 376 g/mol. The first-order valence-corrected chi connectivity index (χ1v) is 8.94. The lowest BCUT2D eigenvalue weighted by molar-refractivity contribution is -0.116. The first-order chi connectivity index (χ1) is 13.6. The predicted octanol–water partition coefficient (Wildman–Crippen LogP) is 1.84. The van der Waals surface area contributed by atoms with Crippen LogP contribution in [0.25, 0.3) is 0 Å². The van der Waals surface area contributed by atoms with Gasteiger partial charge in [0.2, 0.25) is 5.91 Å². The number of aromatic nitrogens is 3. The maximum atomic E-state index is 12.9. The number of nitrogens with zero attached hydrogens (tertiary/aromatic N) is 4. The number of hydrogen-bond acceptors (Lipinski definition) is 5. The van der Waals surface area contributed by atoms with E-state index >= 15 is 0 Å². The molecular weight excluding hydrogens is 356 g/mol. The van der Waals surface area contributed by atoms with Gasteiger partial charge in [-0.1, -0.05) is 30.3 Å². The number of benzene rings is 1. The SMILES string of the molecule is CN1C(=O)CNc2ncc(C(=O)NC(Cn3ccnc3)c3ccccc3)cc21. The fourth-order valence-corrected chi connectivity index (χ4v) is 3.15. The Labute approximate surface area is 162 Å². The second-order valence-electron chi connectivity index (χ2n) is 6.59. The molecule has 2 aromatic heterocycles. The zero-order chi connectivity index (χ0) is 19.5. The summed E-state index contributed by atoms with van der Waals surface area (Å²) >= 11 is 0. The predicted molar refractivity (Wildman–Crippen MR) is 105 cm³/mol. The van der Waals surface area contributed by atoms with E-state index in [9.17, 15) is 9.59 Å². The van der Waals surface area contributed by atoms with Crippen molar-refractivity contribution in [1.29, 1.82) is 0 Å². The molecule has 0 saturated heterocycles. The topological polar surface area (TPSA) is 92.1 Å². The summed E-state index contributed by atoms with van der Waals surface area (Å²) in [6.45, 7) is 0.747. The van der Waals surface area contributed by atoms with E-state index in [0.29, 0.717) is 23.6 Å². The number of carbonyl (C=O) groups excluding carboxylic acids is 2. The van der Waals surface area contributed by atoms with Crippen LogP contribution in [-0.4, -0.2) is 39.9 Å². The van der Waals surface area contributed by atoms with Crippen molar-refractivity contribution in [3.63, 3.8) is 0 Å². The normalized spacial score (nSPS) is 14.2. The van der Waals surface area contributed by atoms with E-state index in [-0.39, 0.29) is 24.4 Å². The molecule has 0 spiro atoms. The molecule has 0 fully saturated rings. The van der Waals surface area contributed by atoms with Gasteiger partial charge in [-0.3, -0.25) is 9.59 Å². The van der Waals surface area contributed by atoms with Crippen molar-refractivity contribution in [3.8, 4) is 0 Å². The first-order valence-electron chi connectivity index (χ1n) is 8.94. The van der Waals surface area contributed by atoms with Gasteiger partial charge < -0.3 is 20.1 Å². The zero-order valence-electron chi connectivity index (χ0n) is 15.4. The molecule has 0 aliphatic carbocycles. The van der Waals surface area contributed by atoms with Gasteiger partial charge in [-0.15, -0.1) is 0 Å². The number of anilines is 2. The molecule has 2 N–H and O–H groups in total. The van der Waals surface area contributed by atoms with Gasteiger partial charge in [0.15, 0.2) is 0 Å². The van der Waals surface area contributed by atoms with Gasteiger partial charge in [0.05, 0.1) is 30.2 Å². The summed E-state index contributed by atoms with van der Waals surface area (Å²) in [4.78, 5) is 34.7. The largest absolute Gasteiger partial charge is 0.359 e. The van der Waals surface area contributed by atoms with Crippen molar-refractivity contribution >= 4 is 23.3 Å². The minimum atomic E-state index is -0.254. The van der Waals surface area contributed by atoms with Gasteiger partial charge in [0.1, 0.15) is 5.82 Å². The number of pyridine rings is 1. The number of amides is 2. The van der Waals surface area contributed by atoms with E-state index in [1.165, 1.54) is 11.1 Å². The molecule has 1 aliphatic heterocycles. The second kappa shape index (κ2) is 7.51. The van der Waals surface area contributed by atoms with Crippen molar-refractivity contribution in [1.82, 2.24) is 19.9 Å². The fourth-order valence-electron chi connectivity index (χ4n) is 3.15. The molecule has 3 heterocycles. The third-order valence-electron chi connectivity index (χ3n) is 4.73. The van der Waals surface area contributed by atoms with E-state index in [0.717, 1.165) is 5.56 Å². The summed E-state index contributed by atoms with van der Waals surface area (Å²) < 4.78 is 1.92. The molecule has 1 atom stereocenters. The molecule has 3 aromatic rings. The number of rotatable bonds is 5. The van der Waals surface area contributed by atoms with Gasteiger partial charge in [-0.05, 0) is 11.6 Å². The number of likely N-dealkylation sites (N-methyl/N-ethyl adjacent to an activating group) is 1. The average Bonchev–Trinajstić information content (AvgIpc) is 3.24. The number of carbonyl (C=O) groups is 2. The number of fused-ring (bicyclic) bond motifs is 1. The lowest BCUT2D eigenvalue weighted by Gasteiger charge is -2.26. The van der Waals surface area contributed by atoms with Crippen LogP contribution in [0.4, 0.5) is 11.5 Å². The molecule has 0 bridgehead atoms. The molecule has 142 valence electrons. The standard InChI is InChI=1S/C20H20N6O2/c1-25-17-9-15(10-22-19(17)23-11-18(25)27)20(28)24-16(12-26-8-7-21-13-26)14-5-3-2-4-6-14/h2-10,13,16H,11-12H2,1H3,(H,22,23)(H,24,28). The molecule has 4 rings (SSSR count). The van der Waals surface area contributed by atoms with Crippen LogP contribution >= 0.6 is 0 Å². The Bertz CT molecular complexity index is 987. The van der Waals surface area contributed by atoms with Gasteiger partial charge in [-0.2, -0.15) is 0 Å². The highest BCUT2D eigenvalue weighted by Gasteiger charge is 2.24. The summed E-state index contributed by atoms with van der Waals surface area (Å²) in [6, 6.07) is 11.2. The molecule has 8 heteroatoms.